The third-order valence-electron chi connectivity index (χ3n) is 6.62. The normalized spacial score (nSPS) is 19.4. The Morgan fingerprint density at radius 2 is 1.69 bits per heavy atom. The Morgan fingerprint density at radius 3 is 2.26 bits per heavy atom. The molecule has 0 bridgehead atoms. The summed E-state index contributed by atoms with van der Waals surface area (Å²) in [5.41, 5.74) is -1.05. The van der Waals surface area contributed by atoms with Gasteiger partial charge in [0, 0.05) is 36.4 Å². The van der Waals surface area contributed by atoms with Crippen LogP contribution >= 0.6 is 0 Å². The monoisotopic (exact) mass is 493 g/mol. The van der Waals surface area contributed by atoms with Gasteiger partial charge in [0.1, 0.15) is 11.3 Å². The molecule has 1 N–H and O–H groups in total. The standard InChI is InChI=1S/C26H34F3N3O3/c1-23(2,3)35-18-8-7-17(15-19(18)34-6)22(33)31-13-11-25(12-14-31)20-9-10-21(26(27,28)29)32(20)16-24(4,5)30-25/h7-10,15,30H,11-14,16H2,1-6H3. The first-order valence-electron chi connectivity index (χ1n) is 11.9. The molecule has 0 atom stereocenters. The molecule has 1 aromatic carbocycles. The number of hydrogen-bond acceptors (Lipinski definition) is 4. The van der Waals surface area contributed by atoms with Crippen molar-refractivity contribution in [2.75, 3.05) is 20.2 Å². The fourth-order valence-electron chi connectivity index (χ4n) is 5.32. The Kier molecular flexibility index (Phi) is 6.15. The van der Waals surface area contributed by atoms with Crippen LogP contribution in [-0.4, -0.2) is 46.7 Å². The maximum absolute atomic E-state index is 13.6. The quantitative estimate of drug-likeness (QED) is 0.638. The highest BCUT2D eigenvalue weighted by Gasteiger charge is 2.49. The number of fused-ring (bicyclic) bond motifs is 2. The van der Waals surface area contributed by atoms with Crippen LogP contribution in [0.4, 0.5) is 13.2 Å². The number of rotatable bonds is 3. The van der Waals surface area contributed by atoms with Gasteiger partial charge in [-0.2, -0.15) is 13.2 Å². The van der Waals surface area contributed by atoms with Crippen molar-refractivity contribution >= 4 is 5.91 Å². The van der Waals surface area contributed by atoms with E-state index in [4.69, 9.17) is 9.47 Å². The minimum atomic E-state index is -4.41. The van der Waals surface area contributed by atoms with Crippen molar-refractivity contribution in [1.29, 1.82) is 0 Å². The zero-order valence-corrected chi connectivity index (χ0v) is 21.2. The van der Waals surface area contributed by atoms with Crippen LogP contribution in [0.25, 0.3) is 0 Å². The molecule has 1 aromatic heterocycles. The molecule has 6 nitrogen and oxygen atoms in total. The van der Waals surface area contributed by atoms with Gasteiger partial charge in [-0.3, -0.25) is 10.1 Å². The van der Waals surface area contributed by atoms with Crippen LogP contribution in [0.5, 0.6) is 11.5 Å². The molecule has 0 radical (unpaired) electrons. The van der Waals surface area contributed by atoms with Gasteiger partial charge in [-0.15, -0.1) is 0 Å². The predicted octanol–water partition coefficient (Wildman–Crippen LogP) is 5.21. The minimum Gasteiger partial charge on any atom is -0.493 e. The van der Waals surface area contributed by atoms with Crippen molar-refractivity contribution in [1.82, 2.24) is 14.8 Å². The van der Waals surface area contributed by atoms with Crippen molar-refractivity contribution in [3.63, 3.8) is 0 Å². The van der Waals surface area contributed by atoms with E-state index in [9.17, 15) is 18.0 Å². The molecule has 4 rings (SSSR count). The summed E-state index contributed by atoms with van der Waals surface area (Å²) in [5.74, 6) is 0.901. The van der Waals surface area contributed by atoms with Crippen LogP contribution in [-0.2, 0) is 18.3 Å². The lowest BCUT2D eigenvalue weighted by Gasteiger charge is -2.51. The Labute approximate surface area is 204 Å². The van der Waals surface area contributed by atoms with Gasteiger partial charge >= 0.3 is 6.18 Å². The summed E-state index contributed by atoms with van der Waals surface area (Å²) in [4.78, 5) is 15.1. The summed E-state index contributed by atoms with van der Waals surface area (Å²) in [6, 6.07) is 7.89. The average Bonchev–Trinajstić information content (AvgIpc) is 3.17. The highest BCUT2D eigenvalue weighted by molar-refractivity contribution is 5.95. The van der Waals surface area contributed by atoms with Crippen LogP contribution in [0.3, 0.4) is 0 Å². The number of carbonyl (C=O) groups excluding carboxylic acids is 1. The number of likely N-dealkylation sites (tertiary alicyclic amines) is 1. The van der Waals surface area contributed by atoms with Crippen molar-refractivity contribution < 1.29 is 27.4 Å². The molecule has 0 aliphatic carbocycles. The van der Waals surface area contributed by atoms with Crippen LogP contribution in [0.15, 0.2) is 30.3 Å². The number of piperidine rings is 1. The Hall–Kier alpha value is -2.68. The smallest absolute Gasteiger partial charge is 0.431 e. The maximum atomic E-state index is 13.6. The molecule has 2 aromatic rings. The molecule has 2 aliphatic heterocycles. The van der Waals surface area contributed by atoms with E-state index >= 15 is 0 Å². The average molecular weight is 494 g/mol. The number of benzene rings is 1. The third kappa shape index (κ3) is 5.01. The molecule has 2 aliphatic rings. The van der Waals surface area contributed by atoms with Crippen LogP contribution in [0.2, 0.25) is 0 Å². The zero-order valence-electron chi connectivity index (χ0n) is 21.2. The first-order chi connectivity index (χ1) is 16.1. The molecule has 35 heavy (non-hydrogen) atoms. The maximum Gasteiger partial charge on any atom is 0.431 e. The largest absolute Gasteiger partial charge is 0.493 e. The van der Waals surface area contributed by atoms with E-state index < -0.39 is 28.5 Å². The second kappa shape index (κ2) is 8.47. The van der Waals surface area contributed by atoms with Gasteiger partial charge in [0.25, 0.3) is 5.91 Å². The molecule has 192 valence electrons. The Morgan fingerprint density at radius 1 is 1.03 bits per heavy atom. The number of alkyl halides is 3. The Balaban J connectivity index is 1.55. The fraction of sp³-hybridized carbons (Fsp3) is 0.577. The molecular formula is C26H34F3N3O3. The third-order valence-corrected chi connectivity index (χ3v) is 6.62. The van der Waals surface area contributed by atoms with Crippen LogP contribution in [0, 0.1) is 0 Å². The first kappa shape index (κ1) is 25.4. The number of aromatic nitrogens is 1. The van der Waals surface area contributed by atoms with E-state index in [2.05, 4.69) is 5.32 Å². The molecule has 1 saturated heterocycles. The van der Waals surface area contributed by atoms with Gasteiger partial charge in [0.05, 0.1) is 12.6 Å². The molecule has 1 amide bonds. The lowest BCUT2D eigenvalue weighted by atomic mass is 9.79. The summed E-state index contributed by atoms with van der Waals surface area (Å²) < 4.78 is 53.7. The second-order valence-corrected chi connectivity index (χ2v) is 11.2. The number of ether oxygens (including phenoxy) is 2. The number of amides is 1. The summed E-state index contributed by atoms with van der Waals surface area (Å²) in [7, 11) is 1.53. The molecule has 0 unspecified atom stereocenters. The van der Waals surface area contributed by atoms with Gasteiger partial charge in [-0.05, 0) is 77.8 Å². The van der Waals surface area contributed by atoms with Crippen LogP contribution in [0.1, 0.15) is 69.2 Å². The highest BCUT2D eigenvalue weighted by atomic mass is 19.4. The van der Waals surface area contributed by atoms with E-state index in [0.717, 1.165) is 0 Å². The summed E-state index contributed by atoms with van der Waals surface area (Å²) in [6.07, 6.45) is -3.37. The number of nitrogens with one attached hydrogen (secondary N) is 1. The molecule has 9 heteroatoms. The molecule has 1 spiro atoms. The van der Waals surface area contributed by atoms with Gasteiger partial charge in [0.2, 0.25) is 0 Å². The number of hydrogen-bond donors (Lipinski definition) is 1. The van der Waals surface area contributed by atoms with E-state index in [1.165, 1.54) is 17.7 Å². The van der Waals surface area contributed by atoms with E-state index in [0.29, 0.717) is 48.7 Å². The highest BCUT2D eigenvalue weighted by Crippen LogP contribution is 2.43. The molecule has 0 saturated carbocycles. The summed E-state index contributed by atoms with van der Waals surface area (Å²) in [6.45, 7) is 10.7. The fourth-order valence-corrected chi connectivity index (χ4v) is 5.32. The second-order valence-electron chi connectivity index (χ2n) is 11.2. The SMILES string of the molecule is COc1cc(C(=O)N2CCC3(CC2)NC(C)(C)Cn2c(C(F)(F)F)ccc23)ccc1OC(C)(C)C. The van der Waals surface area contributed by atoms with Gasteiger partial charge in [0.15, 0.2) is 11.5 Å². The lowest BCUT2D eigenvalue weighted by Crippen LogP contribution is -2.63. The van der Waals surface area contributed by atoms with Crippen molar-refractivity contribution in [2.24, 2.45) is 0 Å². The summed E-state index contributed by atoms with van der Waals surface area (Å²) in [5, 5.41) is 3.61. The zero-order chi connectivity index (χ0) is 25.8. The van der Waals surface area contributed by atoms with E-state index in [1.807, 2.05) is 34.6 Å². The van der Waals surface area contributed by atoms with E-state index in [-0.39, 0.29) is 12.5 Å². The topological polar surface area (TPSA) is 55.7 Å². The number of nitrogens with zero attached hydrogens (tertiary/aromatic N) is 2. The molecular weight excluding hydrogens is 459 g/mol. The van der Waals surface area contributed by atoms with Gasteiger partial charge < -0.3 is 18.9 Å². The van der Waals surface area contributed by atoms with Crippen molar-refractivity contribution in [3.8, 4) is 11.5 Å². The summed E-state index contributed by atoms with van der Waals surface area (Å²) >= 11 is 0. The van der Waals surface area contributed by atoms with Crippen molar-refractivity contribution in [3.05, 3.63) is 47.3 Å². The van der Waals surface area contributed by atoms with Gasteiger partial charge in [-0.1, -0.05) is 0 Å². The number of halogens is 3. The van der Waals surface area contributed by atoms with Crippen molar-refractivity contribution in [2.45, 2.75) is 76.9 Å². The van der Waals surface area contributed by atoms with E-state index in [1.54, 1.807) is 29.2 Å². The predicted molar refractivity (Wildman–Crippen MR) is 127 cm³/mol. The lowest BCUT2D eigenvalue weighted by molar-refractivity contribution is -0.144. The number of carbonyl (C=O) groups is 1. The first-order valence-corrected chi connectivity index (χ1v) is 11.9. The Bertz CT molecular complexity index is 1110. The van der Waals surface area contributed by atoms with Gasteiger partial charge in [-0.25, -0.2) is 0 Å². The molecule has 3 heterocycles. The van der Waals surface area contributed by atoms with Crippen LogP contribution < -0.4 is 14.8 Å². The molecule has 1 fully saturated rings. The minimum absolute atomic E-state index is 0.137. The number of methoxy groups -OCH3 is 1.